The number of carbonyl (C=O) groups excluding carboxylic acids is 7. The van der Waals surface area contributed by atoms with Crippen LogP contribution < -0.4 is 5.32 Å². The zero-order chi connectivity index (χ0) is 51.2. The number of esters is 5. The first kappa shape index (κ1) is 50.7. The summed E-state index contributed by atoms with van der Waals surface area (Å²) in [4.78, 5) is 99.7. The van der Waals surface area contributed by atoms with Gasteiger partial charge < -0.3 is 44.0 Å². The van der Waals surface area contributed by atoms with E-state index in [4.69, 9.17) is 40.0 Å². The van der Waals surface area contributed by atoms with Crippen LogP contribution in [-0.4, -0.2) is 106 Å². The number of nitrogens with one attached hydrogen (secondary N) is 1. The van der Waals surface area contributed by atoms with E-state index in [0.717, 1.165) is 13.8 Å². The Morgan fingerprint density at radius 2 is 1.31 bits per heavy atom. The van der Waals surface area contributed by atoms with Crippen molar-refractivity contribution in [1.82, 2.24) is 5.32 Å². The van der Waals surface area contributed by atoms with Crippen LogP contribution in [0.4, 0.5) is 0 Å². The zero-order valence-corrected chi connectivity index (χ0v) is 40.5. The SMILES string of the molecule is CC(=O)O[C@H]1C(=O)[C@]2(C)[C@@H](OC(=O)c3ccc(Cl)cc3)C[C@H]3OC[C@@]3(OC(C)=O)[C@H]2[C@H](OC(=O)c2ccccc2)[C@]2(O)C[C@H](OC(=O)[C@H](O)[C@@H](NC(=O)c3ccccc3)c3ccccc3)C(C)=C1C2(C)C. The lowest BCUT2D eigenvalue weighted by Gasteiger charge is -2.67. The highest BCUT2D eigenvalue weighted by molar-refractivity contribution is 6.30. The van der Waals surface area contributed by atoms with Crippen molar-refractivity contribution in [3.63, 3.8) is 0 Å². The van der Waals surface area contributed by atoms with Gasteiger partial charge in [0.1, 0.15) is 30.0 Å². The summed E-state index contributed by atoms with van der Waals surface area (Å²) in [6, 6.07) is 28.6. The van der Waals surface area contributed by atoms with E-state index in [9.17, 15) is 39.0 Å². The first-order valence-electron chi connectivity index (χ1n) is 23.1. The molecule has 3 fully saturated rings. The molecule has 16 nitrogen and oxygen atoms in total. The van der Waals surface area contributed by atoms with Crippen molar-refractivity contribution in [2.24, 2.45) is 16.7 Å². The standard InChI is InChI=1S/C54H54ClNO15/c1-29-37(68-50(64)42(59)41(32-16-10-7-11-17-32)56-47(61)33-18-12-8-13-19-33)27-54(65)46(70-49(63)34-20-14-9-15-21-34)44-52(6,45(60)43(67-30(2)57)40(29)51(54,4)5)38(26-39-53(44,28-66-39)71-31(3)58)69-48(62)35-22-24-36(55)25-23-35/h7-25,37-39,41-44,46,59,65H,26-28H2,1-6H3,(H,56,61)/t37-,38-,39+,41-,42+,43+,44-,46-,52+,53-,54+/m0/s1. The Morgan fingerprint density at radius 1 is 0.746 bits per heavy atom. The van der Waals surface area contributed by atoms with Crippen molar-refractivity contribution < 1.29 is 72.2 Å². The normalized spacial score (nSPS) is 29.2. The molecule has 4 aromatic carbocycles. The van der Waals surface area contributed by atoms with Gasteiger partial charge in [0.15, 0.2) is 23.6 Å². The highest BCUT2D eigenvalue weighted by atomic mass is 35.5. The number of ether oxygens (including phenoxy) is 6. The molecule has 0 spiro atoms. The number of aliphatic hydroxyl groups is 2. The maximum atomic E-state index is 16.2. The van der Waals surface area contributed by atoms with Crippen LogP contribution in [0.25, 0.3) is 0 Å². The number of Topliss-reactive ketones (excluding diaryl/α,β-unsaturated/α-hetero) is 1. The number of aliphatic hydroxyl groups excluding tert-OH is 1. The summed E-state index contributed by atoms with van der Waals surface area (Å²) in [5.74, 6) is -8.05. The highest BCUT2D eigenvalue weighted by Crippen LogP contribution is 2.65. The number of benzene rings is 4. The lowest BCUT2D eigenvalue weighted by Crippen LogP contribution is -2.82. The Morgan fingerprint density at radius 3 is 1.87 bits per heavy atom. The molecular formula is C54H54ClNO15. The minimum absolute atomic E-state index is 0.0321. The topological polar surface area (TPSA) is 227 Å². The molecular weight excluding hydrogens is 938 g/mol. The van der Waals surface area contributed by atoms with E-state index in [1.807, 2.05) is 0 Å². The minimum Gasteiger partial charge on any atom is -0.458 e. The van der Waals surface area contributed by atoms with E-state index < -0.39 is 119 Å². The Kier molecular flexibility index (Phi) is 13.9. The third-order valence-electron chi connectivity index (χ3n) is 14.8. The van der Waals surface area contributed by atoms with Gasteiger partial charge in [-0.05, 0) is 79.1 Å². The number of fused-ring (bicyclic) bond motifs is 5. The molecule has 11 atom stereocenters. The van der Waals surface area contributed by atoms with Crippen molar-refractivity contribution in [3.05, 3.63) is 154 Å². The van der Waals surface area contributed by atoms with E-state index in [1.165, 1.54) is 50.2 Å². The van der Waals surface area contributed by atoms with Crippen LogP contribution in [-0.2, 0) is 47.6 Å². The van der Waals surface area contributed by atoms with Crippen molar-refractivity contribution in [3.8, 4) is 0 Å². The predicted molar refractivity (Wildman–Crippen MR) is 252 cm³/mol. The number of amides is 1. The fraction of sp³-hybridized carbons (Fsp3) is 0.389. The summed E-state index contributed by atoms with van der Waals surface area (Å²) in [5, 5.41) is 29.0. The summed E-state index contributed by atoms with van der Waals surface area (Å²) in [6.45, 7) is 7.87. The van der Waals surface area contributed by atoms with Crippen LogP contribution >= 0.6 is 11.6 Å². The molecule has 71 heavy (non-hydrogen) atoms. The maximum absolute atomic E-state index is 16.2. The van der Waals surface area contributed by atoms with E-state index in [1.54, 1.807) is 92.7 Å². The van der Waals surface area contributed by atoms with Gasteiger partial charge in [0.25, 0.3) is 5.91 Å². The zero-order valence-electron chi connectivity index (χ0n) is 39.8. The van der Waals surface area contributed by atoms with Crippen LogP contribution in [0.2, 0.25) is 5.02 Å². The van der Waals surface area contributed by atoms with E-state index in [-0.39, 0.29) is 40.9 Å². The second-order valence-corrected chi connectivity index (χ2v) is 19.7. The largest absolute Gasteiger partial charge is 0.458 e. The number of ketones is 1. The maximum Gasteiger partial charge on any atom is 0.338 e. The molecule has 3 N–H and O–H groups in total. The molecule has 4 aromatic rings. The minimum atomic E-state index is -2.48. The number of carbonyl (C=O) groups is 7. The summed E-state index contributed by atoms with van der Waals surface area (Å²) >= 11 is 6.14. The number of hydrogen-bond acceptors (Lipinski definition) is 15. The molecule has 2 saturated carbocycles. The van der Waals surface area contributed by atoms with Gasteiger partial charge in [0, 0.05) is 42.7 Å². The number of hydrogen-bond donors (Lipinski definition) is 3. The Labute approximate surface area is 414 Å². The van der Waals surface area contributed by atoms with Gasteiger partial charge in [-0.25, -0.2) is 14.4 Å². The van der Waals surface area contributed by atoms with Crippen LogP contribution in [0.3, 0.4) is 0 Å². The lowest BCUT2D eigenvalue weighted by molar-refractivity contribution is -0.345. The predicted octanol–water partition coefficient (Wildman–Crippen LogP) is 6.25. The van der Waals surface area contributed by atoms with Crippen molar-refractivity contribution in [2.45, 2.75) is 108 Å². The molecule has 17 heteroatoms. The molecule has 1 saturated heterocycles. The molecule has 372 valence electrons. The summed E-state index contributed by atoms with van der Waals surface area (Å²) < 4.78 is 37.3. The molecule has 2 bridgehead atoms. The molecule has 8 rings (SSSR count). The molecule has 0 unspecified atom stereocenters. The fourth-order valence-electron chi connectivity index (χ4n) is 11.1. The van der Waals surface area contributed by atoms with Crippen molar-refractivity contribution in [2.75, 3.05) is 6.61 Å². The van der Waals surface area contributed by atoms with E-state index in [0.29, 0.717) is 10.6 Å². The molecule has 0 aromatic heterocycles. The summed E-state index contributed by atoms with van der Waals surface area (Å²) in [7, 11) is 0. The van der Waals surface area contributed by atoms with Crippen LogP contribution in [0, 0.1) is 16.7 Å². The van der Waals surface area contributed by atoms with Gasteiger partial charge >= 0.3 is 29.8 Å². The Hall–Kier alpha value is -6.72. The van der Waals surface area contributed by atoms with Crippen molar-refractivity contribution in [1.29, 1.82) is 0 Å². The third-order valence-corrected chi connectivity index (χ3v) is 15.0. The Bertz CT molecular complexity index is 2770. The van der Waals surface area contributed by atoms with Gasteiger partial charge in [-0.2, -0.15) is 0 Å². The van der Waals surface area contributed by atoms with E-state index >= 15 is 4.79 Å². The summed E-state index contributed by atoms with van der Waals surface area (Å²) in [6.07, 6.45) is -10.9. The fourth-order valence-corrected chi connectivity index (χ4v) is 11.2. The van der Waals surface area contributed by atoms with Gasteiger partial charge in [0.05, 0.1) is 35.1 Å². The van der Waals surface area contributed by atoms with Gasteiger partial charge in [-0.15, -0.1) is 0 Å². The molecule has 1 amide bonds. The molecule has 1 aliphatic heterocycles. The molecule has 4 aliphatic rings. The lowest BCUT2D eigenvalue weighted by atomic mass is 9.44. The first-order chi connectivity index (χ1) is 33.6. The second kappa shape index (κ2) is 19.5. The molecule has 3 aliphatic carbocycles. The average Bonchev–Trinajstić information content (AvgIpc) is 3.34. The summed E-state index contributed by atoms with van der Waals surface area (Å²) in [5.41, 5.74) is -7.51. The van der Waals surface area contributed by atoms with Gasteiger partial charge in [0.2, 0.25) is 0 Å². The van der Waals surface area contributed by atoms with Gasteiger partial charge in [-0.1, -0.05) is 92.2 Å². The molecule has 1 heterocycles. The number of halogens is 1. The average molecular weight is 992 g/mol. The van der Waals surface area contributed by atoms with Crippen LogP contribution in [0.5, 0.6) is 0 Å². The second-order valence-electron chi connectivity index (χ2n) is 19.2. The van der Waals surface area contributed by atoms with Crippen LogP contribution in [0.1, 0.15) is 97.1 Å². The van der Waals surface area contributed by atoms with E-state index in [2.05, 4.69) is 5.32 Å². The highest BCUT2D eigenvalue weighted by Gasteiger charge is 2.79. The Balaban J connectivity index is 1.31. The smallest absolute Gasteiger partial charge is 0.338 e. The number of rotatable bonds is 12. The first-order valence-corrected chi connectivity index (χ1v) is 23.5. The monoisotopic (exact) mass is 991 g/mol. The van der Waals surface area contributed by atoms with Crippen molar-refractivity contribution >= 4 is 53.1 Å². The van der Waals surface area contributed by atoms with Gasteiger partial charge in [-0.3, -0.25) is 19.2 Å². The third kappa shape index (κ3) is 9.02. The van der Waals surface area contributed by atoms with Crippen LogP contribution in [0.15, 0.2) is 126 Å². The quantitative estimate of drug-likeness (QED) is 0.0810. The molecule has 0 radical (unpaired) electrons.